The van der Waals surface area contributed by atoms with E-state index in [-0.39, 0.29) is 0 Å². The molecule has 0 bridgehead atoms. The lowest BCUT2D eigenvalue weighted by molar-refractivity contribution is 1.24. The average Bonchev–Trinajstić information content (AvgIpc) is 3.03. The SMILES string of the molecule is Cc1ccc(N(c2ccc(-c3ccc(N(c4ccc(C)cc4)c4ccc(C)c(C)c4)cc3)cc2)c2ccc(C)c(C)c2)cc1. The van der Waals surface area contributed by atoms with E-state index in [9.17, 15) is 0 Å². The molecule has 2 nitrogen and oxygen atoms in total. The first-order chi connectivity index (χ1) is 21.3. The summed E-state index contributed by atoms with van der Waals surface area (Å²) >= 11 is 0. The van der Waals surface area contributed by atoms with E-state index in [2.05, 4.69) is 185 Å². The van der Waals surface area contributed by atoms with E-state index in [0.717, 1.165) is 34.1 Å². The maximum absolute atomic E-state index is 2.34. The molecule has 0 heterocycles. The molecule has 0 saturated heterocycles. The van der Waals surface area contributed by atoms with Crippen molar-refractivity contribution in [1.82, 2.24) is 0 Å². The van der Waals surface area contributed by atoms with Crippen molar-refractivity contribution in [2.75, 3.05) is 9.80 Å². The van der Waals surface area contributed by atoms with Gasteiger partial charge in [-0.15, -0.1) is 0 Å². The summed E-state index contributed by atoms with van der Waals surface area (Å²) in [6, 6.07) is 48.7. The number of rotatable bonds is 7. The molecule has 0 unspecified atom stereocenters. The van der Waals surface area contributed by atoms with E-state index < -0.39 is 0 Å². The topological polar surface area (TPSA) is 6.48 Å². The molecule has 2 heteroatoms. The van der Waals surface area contributed by atoms with Gasteiger partial charge in [-0.3, -0.25) is 0 Å². The van der Waals surface area contributed by atoms with Crippen LogP contribution in [0.1, 0.15) is 33.4 Å². The zero-order chi connectivity index (χ0) is 30.8. The van der Waals surface area contributed by atoms with Gasteiger partial charge in [0.15, 0.2) is 0 Å². The van der Waals surface area contributed by atoms with Gasteiger partial charge in [-0.2, -0.15) is 0 Å². The summed E-state index contributed by atoms with van der Waals surface area (Å²) in [6.45, 7) is 12.9. The maximum Gasteiger partial charge on any atom is 0.0464 e. The highest BCUT2D eigenvalue weighted by atomic mass is 15.1. The van der Waals surface area contributed by atoms with Crippen molar-refractivity contribution in [2.45, 2.75) is 41.5 Å². The Morgan fingerprint density at radius 3 is 0.841 bits per heavy atom. The Balaban J connectivity index is 1.33. The van der Waals surface area contributed by atoms with Crippen molar-refractivity contribution in [2.24, 2.45) is 0 Å². The average molecular weight is 573 g/mol. The Labute approximate surface area is 262 Å². The predicted molar refractivity (Wildman–Crippen MR) is 190 cm³/mol. The largest absolute Gasteiger partial charge is 0.310 e. The maximum atomic E-state index is 2.34. The van der Waals surface area contributed by atoms with E-state index in [1.807, 2.05) is 0 Å². The van der Waals surface area contributed by atoms with Gasteiger partial charge in [-0.05, 0) is 148 Å². The molecule has 0 aliphatic heterocycles. The summed E-state index contributed by atoms with van der Waals surface area (Å²) < 4.78 is 0. The van der Waals surface area contributed by atoms with Gasteiger partial charge in [0.05, 0.1) is 0 Å². The molecular weight excluding hydrogens is 532 g/mol. The monoisotopic (exact) mass is 572 g/mol. The van der Waals surface area contributed by atoms with Crippen molar-refractivity contribution < 1.29 is 0 Å². The Morgan fingerprint density at radius 1 is 0.273 bits per heavy atom. The van der Waals surface area contributed by atoms with Crippen molar-refractivity contribution in [1.29, 1.82) is 0 Å². The second-order valence-corrected chi connectivity index (χ2v) is 12.0. The molecule has 0 radical (unpaired) electrons. The van der Waals surface area contributed by atoms with Crippen LogP contribution in [0.4, 0.5) is 34.1 Å². The van der Waals surface area contributed by atoms with Gasteiger partial charge in [0.25, 0.3) is 0 Å². The summed E-state index contributed by atoms with van der Waals surface area (Å²) in [5.41, 5.74) is 17.0. The van der Waals surface area contributed by atoms with Crippen molar-refractivity contribution in [3.05, 3.63) is 167 Å². The Kier molecular flexibility index (Phi) is 8.09. The van der Waals surface area contributed by atoms with Crippen LogP contribution in [0.25, 0.3) is 11.1 Å². The van der Waals surface area contributed by atoms with Crippen LogP contribution in [0, 0.1) is 41.5 Å². The van der Waals surface area contributed by atoms with Gasteiger partial charge in [0, 0.05) is 34.1 Å². The van der Waals surface area contributed by atoms with E-state index >= 15 is 0 Å². The Morgan fingerprint density at radius 2 is 0.545 bits per heavy atom. The zero-order valence-electron chi connectivity index (χ0n) is 26.6. The summed E-state index contributed by atoms with van der Waals surface area (Å²) in [4.78, 5) is 4.67. The molecule has 0 amide bonds. The number of hydrogen-bond donors (Lipinski definition) is 0. The quantitative estimate of drug-likeness (QED) is 0.188. The van der Waals surface area contributed by atoms with Gasteiger partial charge in [-0.1, -0.05) is 71.8 Å². The summed E-state index contributed by atoms with van der Waals surface area (Å²) in [6.07, 6.45) is 0. The molecule has 0 spiro atoms. The standard InChI is InChI=1S/C42H40N2/c1-29-7-17-37(18-8-29)43(41-21-11-31(3)33(5)27-41)39-23-13-35(14-24-39)36-15-25-40(26-16-36)44(38-19-9-30(2)10-20-38)42-22-12-32(4)34(6)28-42/h7-28H,1-6H3. The van der Waals surface area contributed by atoms with Crippen LogP contribution in [0.2, 0.25) is 0 Å². The predicted octanol–water partition coefficient (Wildman–Crippen LogP) is 12.1. The molecule has 44 heavy (non-hydrogen) atoms. The fraction of sp³-hybridized carbons (Fsp3) is 0.143. The van der Waals surface area contributed by atoms with Crippen LogP contribution >= 0.6 is 0 Å². The van der Waals surface area contributed by atoms with Gasteiger partial charge < -0.3 is 9.80 Å². The van der Waals surface area contributed by atoms with Crippen LogP contribution in [-0.4, -0.2) is 0 Å². The normalized spacial score (nSPS) is 11.0. The van der Waals surface area contributed by atoms with E-state index in [1.54, 1.807) is 0 Å². The van der Waals surface area contributed by atoms with Crippen LogP contribution < -0.4 is 9.80 Å². The fourth-order valence-electron chi connectivity index (χ4n) is 5.62. The lowest BCUT2D eigenvalue weighted by Gasteiger charge is -2.27. The summed E-state index contributed by atoms with van der Waals surface area (Å²) in [5.74, 6) is 0. The first-order valence-corrected chi connectivity index (χ1v) is 15.4. The third-order valence-electron chi connectivity index (χ3n) is 8.67. The number of aryl methyl sites for hydroxylation is 6. The highest BCUT2D eigenvalue weighted by molar-refractivity contribution is 5.81. The number of anilines is 6. The third kappa shape index (κ3) is 6.02. The van der Waals surface area contributed by atoms with Gasteiger partial charge in [0.2, 0.25) is 0 Å². The van der Waals surface area contributed by atoms with E-state index in [4.69, 9.17) is 0 Å². The van der Waals surface area contributed by atoms with E-state index in [1.165, 1.54) is 44.5 Å². The smallest absolute Gasteiger partial charge is 0.0464 e. The summed E-state index contributed by atoms with van der Waals surface area (Å²) in [7, 11) is 0. The minimum Gasteiger partial charge on any atom is -0.310 e. The highest BCUT2D eigenvalue weighted by Gasteiger charge is 2.15. The van der Waals surface area contributed by atoms with Crippen molar-refractivity contribution in [3.63, 3.8) is 0 Å². The molecule has 0 N–H and O–H groups in total. The second-order valence-electron chi connectivity index (χ2n) is 12.0. The number of benzene rings is 6. The molecule has 6 aromatic rings. The van der Waals surface area contributed by atoms with E-state index in [0.29, 0.717) is 0 Å². The fourth-order valence-corrected chi connectivity index (χ4v) is 5.62. The van der Waals surface area contributed by atoms with Gasteiger partial charge >= 0.3 is 0 Å². The molecule has 218 valence electrons. The Bertz CT molecular complexity index is 1740. The first-order valence-electron chi connectivity index (χ1n) is 15.4. The number of hydrogen-bond acceptors (Lipinski definition) is 2. The molecular formula is C42H40N2. The minimum absolute atomic E-state index is 1.14. The molecule has 6 rings (SSSR count). The molecule has 0 aliphatic carbocycles. The molecule has 0 fully saturated rings. The Hall–Kier alpha value is -5.08. The van der Waals surface area contributed by atoms with Gasteiger partial charge in [-0.25, -0.2) is 0 Å². The third-order valence-corrected chi connectivity index (χ3v) is 8.67. The second kappa shape index (κ2) is 12.3. The number of nitrogens with zero attached hydrogens (tertiary/aromatic N) is 2. The zero-order valence-corrected chi connectivity index (χ0v) is 26.6. The van der Waals surface area contributed by atoms with Crippen LogP contribution in [-0.2, 0) is 0 Å². The van der Waals surface area contributed by atoms with Crippen molar-refractivity contribution in [3.8, 4) is 11.1 Å². The van der Waals surface area contributed by atoms with Crippen LogP contribution in [0.5, 0.6) is 0 Å². The van der Waals surface area contributed by atoms with Gasteiger partial charge in [0.1, 0.15) is 0 Å². The van der Waals surface area contributed by atoms with Crippen LogP contribution in [0.3, 0.4) is 0 Å². The lowest BCUT2D eigenvalue weighted by atomic mass is 10.0. The first kappa shape index (κ1) is 29.0. The minimum atomic E-state index is 1.14. The summed E-state index contributed by atoms with van der Waals surface area (Å²) in [5, 5.41) is 0. The molecule has 0 saturated carbocycles. The lowest BCUT2D eigenvalue weighted by Crippen LogP contribution is -2.10. The highest BCUT2D eigenvalue weighted by Crippen LogP contribution is 2.39. The molecule has 6 aromatic carbocycles. The van der Waals surface area contributed by atoms with Crippen LogP contribution in [0.15, 0.2) is 133 Å². The van der Waals surface area contributed by atoms with Crippen molar-refractivity contribution >= 4 is 34.1 Å². The molecule has 0 aromatic heterocycles. The molecule has 0 atom stereocenters. The molecule has 0 aliphatic rings.